The molecule has 16 heavy (non-hydrogen) atoms. The van der Waals surface area contributed by atoms with E-state index in [9.17, 15) is 0 Å². The molecule has 0 aromatic heterocycles. The maximum atomic E-state index is 2.40. The number of hydrogen-bond acceptors (Lipinski definition) is 3. The predicted octanol–water partition coefficient (Wildman–Crippen LogP) is 1.14. The smallest absolute Gasteiger partial charge is 0.358 e. The summed E-state index contributed by atoms with van der Waals surface area (Å²) in [5, 5.41) is 0. The minimum atomic E-state index is 0. The summed E-state index contributed by atoms with van der Waals surface area (Å²) in [6.07, 6.45) is 0. The van der Waals surface area contributed by atoms with E-state index in [1.165, 1.54) is 39.3 Å². The monoisotopic (exact) mass is 319 g/mol. The zero-order chi connectivity index (χ0) is 8.97. The summed E-state index contributed by atoms with van der Waals surface area (Å²) in [7, 11) is 6.60. The average molecular weight is 319 g/mol. The Morgan fingerprint density at radius 1 is 0.500 bits per heavy atom. The molecule has 0 spiro atoms. The molecule has 1 aliphatic heterocycles. The topological polar surface area (TPSA) is 9.72 Å². The average Bonchev–Trinajstić information content (AvgIpc) is 2.11. The van der Waals surface area contributed by atoms with Gasteiger partial charge in [-0.3, -0.25) is 0 Å². The molecule has 3 nitrogen and oxygen atoms in total. The van der Waals surface area contributed by atoms with Crippen molar-refractivity contribution in [1.82, 2.24) is 14.7 Å². The van der Waals surface area contributed by atoms with Gasteiger partial charge in [-0.2, -0.15) is 0 Å². The minimum absolute atomic E-state index is 0. The Hall–Kier alpha value is 0.503. The van der Waals surface area contributed by atoms with Crippen molar-refractivity contribution in [3.63, 3.8) is 0 Å². The van der Waals surface area contributed by atoms with Crippen molar-refractivity contribution in [2.24, 2.45) is 0 Å². The molecule has 0 aromatic rings. The molecule has 1 rings (SSSR count). The molecule has 0 saturated carbocycles. The second-order valence-corrected chi connectivity index (χ2v) is 3.91. The minimum Gasteiger partial charge on any atom is -0.358 e. The summed E-state index contributed by atoms with van der Waals surface area (Å²) in [4.78, 5) is 7.20. The first-order chi connectivity index (χ1) is 5.68. The van der Waals surface area contributed by atoms with E-state index in [4.69, 9.17) is 0 Å². The van der Waals surface area contributed by atoms with Crippen LogP contribution >= 0.6 is 0 Å². The molecule has 1 fully saturated rings. The fraction of sp³-hybridized carbons (Fsp3) is 0.750. The molecule has 0 amide bonds. The molecule has 0 atom stereocenters. The van der Waals surface area contributed by atoms with Crippen LogP contribution in [0.4, 0.5) is 0 Å². The van der Waals surface area contributed by atoms with Gasteiger partial charge in [-0.1, -0.05) is 0 Å². The van der Waals surface area contributed by atoms with Gasteiger partial charge in [-0.25, -0.2) is 0 Å². The Kier molecular flexibility index (Phi) is 21.5. The quantitative estimate of drug-likeness (QED) is 0.490. The molecule has 1 aliphatic rings. The van der Waals surface area contributed by atoms with Gasteiger partial charge < -0.3 is 37.0 Å². The summed E-state index contributed by atoms with van der Waals surface area (Å²) < 4.78 is 0. The van der Waals surface area contributed by atoms with Gasteiger partial charge in [0.15, 0.2) is 0 Å². The standard InChI is InChI=1S/C9H21N3.3CH3.Rh/c1-10-4-6-11(2)8-9-12(3)7-5-10;;;;/h4-9H2,1-3H3;3*1H3;/q;3*-1;+3. The number of nitrogens with zero attached hydrogens (tertiary/aromatic N) is 3. The fourth-order valence-electron chi connectivity index (χ4n) is 1.36. The maximum Gasteiger partial charge on any atom is 3.00 e. The largest absolute Gasteiger partial charge is 3.00 e. The molecule has 4 heteroatoms. The van der Waals surface area contributed by atoms with E-state index in [0.717, 1.165) is 0 Å². The molecule has 0 aromatic carbocycles. The molecule has 0 N–H and O–H groups in total. The second kappa shape index (κ2) is 13.6. The van der Waals surface area contributed by atoms with E-state index in [0.29, 0.717) is 0 Å². The van der Waals surface area contributed by atoms with Crippen molar-refractivity contribution >= 4 is 0 Å². The summed E-state index contributed by atoms with van der Waals surface area (Å²) in [5.41, 5.74) is 0. The van der Waals surface area contributed by atoms with Crippen LogP contribution in [0.15, 0.2) is 0 Å². The van der Waals surface area contributed by atoms with Gasteiger partial charge >= 0.3 is 19.5 Å². The fourth-order valence-corrected chi connectivity index (χ4v) is 1.36. The molecular formula is C12H30N3Rh. The third-order valence-corrected chi connectivity index (χ3v) is 2.59. The summed E-state index contributed by atoms with van der Waals surface area (Å²) in [6, 6.07) is 0. The summed E-state index contributed by atoms with van der Waals surface area (Å²) in [6.45, 7) is 7.19. The zero-order valence-electron chi connectivity index (χ0n) is 11.9. The van der Waals surface area contributed by atoms with Crippen LogP contribution in [0.5, 0.6) is 0 Å². The summed E-state index contributed by atoms with van der Waals surface area (Å²) >= 11 is 0. The van der Waals surface area contributed by atoms with Gasteiger partial charge in [0.05, 0.1) is 0 Å². The van der Waals surface area contributed by atoms with E-state index in [1.807, 2.05) is 0 Å². The van der Waals surface area contributed by atoms with E-state index in [1.54, 1.807) is 0 Å². The molecule has 0 bridgehead atoms. The van der Waals surface area contributed by atoms with Crippen LogP contribution in [0.25, 0.3) is 0 Å². The van der Waals surface area contributed by atoms with Crippen LogP contribution in [0.2, 0.25) is 0 Å². The Morgan fingerprint density at radius 2 is 0.625 bits per heavy atom. The Labute approximate surface area is 117 Å². The van der Waals surface area contributed by atoms with Crippen molar-refractivity contribution in [3.8, 4) is 0 Å². The van der Waals surface area contributed by atoms with Crippen LogP contribution in [0.3, 0.4) is 0 Å². The van der Waals surface area contributed by atoms with Gasteiger partial charge in [0.2, 0.25) is 0 Å². The van der Waals surface area contributed by atoms with Crippen LogP contribution in [0.1, 0.15) is 0 Å². The first-order valence-corrected chi connectivity index (χ1v) is 4.74. The number of likely N-dealkylation sites (N-methyl/N-ethyl adjacent to an activating group) is 3. The molecule has 1 heterocycles. The van der Waals surface area contributed by atoms with Gasteiger partial charge in [0, 0.05) is 39.3 Å². The first kappa shape index (κ1) is 25.4. The van der Waals surface area contributed by atoms with Crippen LogP contribution in [0, 0.1) is 22.3 Å². The van der Waals surface area contributed by atoms with Crippen molar-refractivity contribution in [1.29, 1.82) is 0 Å². The third kappa shape index (κ3) is 11.0. The Morgan fingerprint density at radius 3 is 0.750 bits per heavy atom. The van der Waals surface area contributed by atoms with Gasteiger partial charge in [-0.05, 0) is 21.1 Å². The number of hydrogen-bond donors (Lipinski definition) is 0. The van der Waals surface area contributed by atoms with E-state index < -0.39 is 0 Å². The second-order valence-electron chi connectivity index (χ2n) is 3.91. The van der Waals surface area contributed by atoms with Crippen LogP contribution < -0.4 is 0 Å². The first-order valence-electron chi connectivity index (χ1n) is 4.74. The Bertz CT molecular complexity index is 97.7. The molecule has 0 aliphatic carbocycles. The third-order valence-electron chi connectivity index (χ3n) is 2.59. The molecule has 102 valence electrons. The van der Waals surface area contributed by atoms with Crippen molar-refractivity contribution in [2.75, 3.05) is 60.4 Å². The van der Waals surface area contributed by atoms with E-state index in [-0.39, 0.29) is 41.8 Å². The molecule has 1 saturated heterocycles. The van der Waals surface area contributed by atoms with Crippen molar-refractivity contribution in [3.05, 3.63) is 22.3 Å². The predicted molar refractivity (Wildman–Crippen MR) is 71.7 cm³/mol. The Balaban J connectivity index is -0.000000180. The number of rotatable bonds is 0. The van der Waals surface area contributed by atoms with Gasteiger partial charge in [0.1, 0.15) is 0 Å². The van der Waals surface area contributed by atoms with Crippen molar-refractivity contribution < 1.29 is 19.5 Å². The van der Waals surface area contributed by atoms with E-state index >= 15 is 0 Å². The van der Waals surface area contributed by atoms with Gasteiger partial charge in [0.25, 0.3) is 0 Å². The molecular weight excluding hydrogens is 289 g/mol. The molecule has 0 radical (unpaired) electrons. The summed E-state index contributed by atoms with van der Waals surface area (Å²) in [5.74, 6) is 0. The van der Waals surface area contributed by atoms with Crippen molar-refractivity contribution in [2.45, 2.75) is 0 Å². The van der Waals surface area contributed by atoms with Gasteiger partial charge in [-0.15, -0.1) is 0 Å². The van der Waals surface area contributed by atoms with Crippen LogP contribution in [-0.4, -0.2) is 75.1 Å². The zero-order valence-corrected chi connectivity index (χ0v) is 13.6. The SMILES string of the molecule is CN1CCN(C)CCN(C)CC1.[CH3-].[CH3-].[CH3-].[Rh+3]. The maximum absolute atomic E-state index is 2.40. The van der Waals surface area contributed by atoms with E-state index in [2.05, 4.69) is 35.8 Å². The van der Waals surface area contributed by atoms with Crippen LogP contribution in [-0.2, 0) is 19.5 Å². The molecule has 0 unspecified atom stereocenters. The normalized spacial score (nSPS) is 19.7.